The van der Waals surface area contributed by atoms with Gasteiger partial charge >= 0.3 is 0 Å². The molecule has 0 fully saturated rings. The third kappa shape index (κ3) is 3.08. The quantitative estimate of drug-likeness (QED) is 0.864. The highest BCUT2D eigenvalue weighted by atomic mass is 16.5. The van der Waals surface area contributed by atoms with Crippen LogP contribution in [0.25, 0.3) is 0 Å². The zero-order chi connectivity index (χ0) is 12.3. The Morgan fingerprint density at radius 1 is 0.882 bits per heavy atom. The lowest BCUT2D eigenvalue weighted by Gasteiger charge is -2.08. The van der Waals surface area contributed by atoms with Gasteiger partial charge in [0.15, 0.2) is 0 Å². The van der Waals surface area contributed by atoms with Crippen LogP contribution in [0.5, 0.6) is 11.5 Å². The second-order valence-corrected chi connectivity index (χ2v) is 4.16. The monoisotopic (exact) mass is 228 g/mol. The van der Waals surface area contributed by atoms with Gasteiger partial charge in [0, 0.05) is 0 Å². The second-order valence-electron chi connectivity index (χ2n) is 4.16. The van der Waals surface area contributed by atoms with E-state index in [1.807, 2.05) is 55.5 Å². The van der Waals surface area contributed by atoms with Gasteiger partial charge in [-0.1, -0.05) is 29.8 Å². The predicted octanol–water partition coefficient (Wildman–Crippen LogP) is 3.84. The first kappa shape index (κ1) is 11.7. The van der Waals surface area contributed by atoms with Crippen molar-refractivity contribution in [2.24, 2.45) is 0 Å². The fourth-order valence-corrected chi connectivity index (χ4v) is 1.56. The molecule has 0 radical (unpaired) electrons. The molecular formula is C15H16O2. The molecule has 0 saturated heterocycles. The fraction of sp³-hybridized carbons (Fsp3) is 0.200. The molecule has 1 N–H and O–H groups in total. The van der Waals surface area contributed by atoms with Crippen molar-refractivity contribution in [1.29, 1.82) is 0 Å². The molecule has 2 rings (SSSR count). The van der Waals surface area contributed by atoms with Crippen molar-refractivity contribution in [3.05, 3.63) is 59.7 Å². The van der Waals surface area contributed by atoms with Crippen LogP contribution in [0, 0.1) is 6.92 Å². The van der Waals surface area contributed by atoms with Gasteiger partial charge in [-0.25, -0.2) is 0 Å². The van der Waals surface area contributed by atoms with E-state index < -0.39 is 6.10 Å². The van der Waals surface area contributed by atoms with E-state index in [4.69, 9.17) is 4.74 Å². The Labute approximate surface area is 101 Å². The summed E-state index contributed by atoms with van der Waals surface area (Å²) in [5, 5.41) is 9.39. The van der Waals surface area contributed by atoms with Crippen molar-refractivity contribution in [3.63, 3.8) is 0 Å². The largest absolute Gasteiger partial charge is 0.457 e. The van der Waals surface area contributed by atoms with Gasteiger partial charge in [-0.05, 0) is 43.7 Å². The molecule has 0 aliphatic carbocycles. The zero-order valence-corrected chi connectivity index (χ0v) is 10.1. The van der Waals surface area contributed by atoms with Crippen LogP contribution >= 0.6 is 0 Å². The molecule has 0 heterocycles. The molecular weight excluding hydrogens is 212 g/mol. The molecule has 0 saturated carbocycles. The standard InChI is InChI=1S/C15H16O2/c1-11-3-7-14(8-4-11)17-15-9-5-13(6-10-15)12(2)16/h3-10,12,16H,1-2H3/t12-/m1/s1. The molecule has 0 bridgehead atoms. The SMILES string of the molecule is Cc1ccc(Oc2ccc([C@@H](C)O)cc2)cc1. The van der Waals surface area contributed by atoms with E-state index in [0.717, 1.165) is 17.1 Å². The topological polar surface area (TPSA) is 29.5 Å². The van der Waals surface area contributed by atoms with E-state index in [9.17, 15) is 5.11 Å². The normalized spacial score (nSPS) is 12.2. The number of aryl methyl sites for hydroxylation is 1. The number of hydrogen-bond acceptors (Lipinski definition) is 2. The number of rotatable bonds is 3. The molecule has 0 aliphatic heterocycles. The van der Waals surface area contributed by atoms with Crippen molar-refractivity contribution < 1.29 is 9.84 Å². The molecule has 88 valence electrons. The van der Waals surface area contributed by atoms with Crippen LogP contribution in [0.15, 0.2) is 48.5 Å². The van der Waals surface area contributed by atoms with Crippen molar-refractivity contribution in [2.45, 2.75) is 20.0 Å². The predicted molar refractivity (Wildman–Crippen MR) is 68.3 cm³/mol. The minimum atomic E-state index is -0.441. The lowest BCUT2D eigenvalue weighted by Crippen LogP contribution is -1.90. The molecule has 2 aromatic carbocycles. The van der Waals surface area contributed by atoms with E-state index in [2.05, 4.69) is 0 Å². The van der Waals surface area contributed by atoms with Crippen LogP contribution in [-0.2, 0) is 0 Å². The van der Waals surface area contributed by atoms with E-state index in [1.165, 1.54) is 5.56 Å². The number of aliphatic hydroxyl groups excluding tert-OH is 1. The van der Waals surface area contributed by atoms with Crippen molar-refractivity contribution in [1.82, 2.24) is 0 Å². The van der Waals surface area contributed by atoms with Gasteiger partial charge in [-0.3, -0.25) is 0 Å². The highest BCUT2D eigenvalue weighted by Gasteiger charge is 2.01. The summed E-state index contributed by atoms with van der Waals surface area (Å²) in [5.41, 5.74) is 2.10. The fourth-order valence-electron chi connectivity index (χ4n) is 1.56. The molecule has 17 heavy (non-hydrogen) atoms. The minimum absolute atomic E-state index is 0.441. The maximum absolute atomic E-state index is 9.39. The zero-order valence-electron chi connectivity index (χ0n) is 10.1. The molecule has 2 nitrogen and oxygen atoms in total. The maximum Gasteiger partial charge on any atom is 0.127 e. The van der Waals surface area contributed by atoms with Crippen molar-refractivity contribution in [3.8, 4) is 11.5 Å². The highest BCUT2D eigenvalue weighted by molar-refractivity contribution is 5.34. The Morgan fingerprint density at radius 3 is 1.82 bits per heavy atom. The number of ether oxygens (including phenoxy) is 1. The first-order valence-corrected chi connectivity index (χ1v) is 5.68. The summed E-state index contributed by atoms with van der Waals surface area (Å²) in [7, 11) is 0. The number of benzene rings is 2. The number of hydrogen-bond donors (Lipinski definition) is 1. The van der Waals surface area contributed by atoms with Crippen LogP contribution in [0.4, 0.5) is 0 Å². The molecule has 0 aromatic heterocycles. The molecule has 0 unspecified atom stereocenters. The van der Waals surface area contributed by atoms with E-state index >= 15 is 0 Å². The summed E-state index contributed by atoms with van der Waals surface area (Å²) in [6.45, 7) is 3.79. The first-order chi connectivity index (χ1) is 8.15. The van der Waals surface area contributed by atoms with Crippen molar-refractivity contribution in [2.75, 3.05) is 0 Å². The first-order valence-electron chi connectivity index (χ1n) is 5.68. The molecule has 0 aliphatic rings. The Bertz CT molecular complexity index is 469. The molecule has 2 heteroatoms. The smallest absolute Gasteiger partial charge is 0.127 e. The molecule has 0 amide bonds. The van der Waals surface area contributed by atoms with Gasteiger partial charge in [-0.15, -0.1) is 0 Å². The average molecular weight is 228 g/mol. The van der Waals surface area contributed by atoms with E-state index in [0.29, 0.717) is 0 Å². The van der Waals surface area contributed by atoms with Crippen LogP contribution < -0.4 is 4.74 Å². The van der Waals surface area contributed by atoms with Crippen LogP contribution in [-0.4, -0.2) is 5.11 Å². The lowest BCUT2D eigenvalue weighted by molar-refractivity contribution is 0.199. The second kappa shape index (κ2) is 5.02. The summed E-state index contributed by atoms with van der Waals surface area (Å²) < 4.78 is 5.69. The molecule has 1 atom stereocenters. The van der Waals surface area contributed by atoms with Crippen LogP contribution in [0.3, 0.4) is 0 Å². The van der Waals surface area contributed by atoms with Gasteiger partial charge in [0.25, 0.3) is 0 Å². The summed E-state index contributed by atoms with van der Waals surface area (Å²) in [4.78, 5) is 0. The molecule has 2 aromatic rings. The third-order valence-electron chi connectivity index (χ3n) is 2.62. The van der Waals surface area contributed by atoms with Crippen LogP contribution in [0.2, 0.25) is 0 Å². The van der Waals surface area contributed by atoms with Crippen LogP contribution in [0.1, 0.15) is 24.2 Å². The van der Waals surface area contributed by atoms with Gasteiger partial charge < -0.3 is 9.84 Å². The average Bonchev–Trinajstić information content (AvgIpc) is 2.33. The summed E-state index contributed by atoms with van der Waals surface area (Å²) in [5.74, 6) is 1.60. The Balaban J connectivity index is 2.11. The third-order valence-corrected chi connectivity index (χ3v) is 2.62. The summed E-state index contributed by atoms with van der Waals surface area (Å²) in [6, 6.07) is 15.4. The van der Waals surface area contributed by atoms with Gasteiger partial charge in [0.05, 0.1) is 6.10 Å². The van der Waals surface area contributed by atoms with E-state index in [1.54, 1.807) is 6.92 Å². The number of aliphatic hydroxyl groups is 1. The maximum atomic E-state index is 9.39. The minimum Gasteiger partial charge on any atom is -0.457 e. The van der Waals surface area contributed by atoms with Crippen molar-refractivity contribution >= 4 is 0 Å². The van der Waals surface area contributed by atoms with Gasteiger partial charge in [-0.2, -0.15) is 0 Å². The Hall–Kier alpha value is -1.80. The molecule has 0 spiro atoms. The van der Waals surface area contributed by atoms with Gasteiger partial charge in [0.1, 0.15) is 11.5 Å². The summed E-state index contributed by atoms with van der Waals surface area (Å²) >= 11 is 0. The lowest BCUT2D eigenvalue weighted by atomic mass is 10.1. The summed E-state index contributed by atoms with van der Waals surface area (Å²) in [6.07, 6.45) is -0.441. The van der Waals surface area contributed by atoms with E-state index in [-0.39, 0.29) is 0 Å². The Kier molecular flexibility index (Phi) is 3.45. The highest BCUT2D eigenvalue weighted by Crippen LogP contribution is 2.23. The Morgan fingerprint density at radius 2 is 1.35 bits per heavy atom. The van der Waals surface area contributed by atoms with Gasteiger partial charge in [0.2, 0.25) is 0 Å².